The molecule has 158 valence electrons. The second kappa shape index (κ2) is 7.87. The van der Waals surface area contributed by atoms with Gasteiger partial charge < -0.3 is 10.3 Å². The Hall–Kier alpha value is -2.67. The van der Waals surface area contributed by atoms with Gasteiger partial charge in [0.1, 0.15) is 0 Å². The largest absolute Gasteiger partial charge is 0.350 e. The standard InChI is InChI=1S/C23H26N2O4S/c1-14(2)30(28,29)18-8-5-16(6-9-18)20(13-17-7-12-22(26)24-17)21-11-10-19(15-3-4-15)23(27)25-21/h5-6,8-11,13-15,17H,3-4,7,12H2,1-2H3,(H,24,26)(H,25,27)/b20-13+/t17-/m1/s1. The van der Waals surface area contributed by atoms with E-state index in [1.165, 1.54) is 0 Å². The Morgan fingerprint density at radius 1 is 1.03 bits per heavy atom. The van der Waals surface area contributed by atoms with Gasteiger partial charge in [-0.05, 0) is 62.8 Å². The molecule has 1 aromatic heterocycles. The number of nitrogens with one attached hydrogen (secondary N) is 2. The summed E-state index contributed by atoms with van der Waals surface area (Å²) in [6.45, 7) is 3.31. The van der Waals surface area contributed by atoms with Crippen LogP contribution in [0.2, 0.25) is 0 Å². The minimum atomic E-state index is -3.36. The Labute approximate surface area is 176 Å². The SMILES string of the molecule is CC(C)S(=O)(=O)c1ccc(/C(=C\[C@H]2CCC(=O)N2)c2ccc(C3CC3)c(=O)[nH]2)cc1. The number of hydrogen-bond acceptors (Lipinski definition) is 4. The summed E-state index contributed by atoms with van der Waals surface area (Å²) in [4.78, 5) is 27.5. The van der Waals surface area contributed by atoms with Gasteiger partial charge in [0, 0.05) is 29.3 Å². The number of hydrogen-bond donors (Lipinski definition) is 2. The van der Waals surface area contributed by atoms with Crippen LogP contribution in [0.15, 0.2) is 52.2 Å². The predicted molar refractivity (Wildman–Crippen MR) is 116 cm³/mol. The van der Waals surface area contributed by atoms with Crippen LogP contribution in [-0.2, 0) is 14.6 Å². The summed E-state index contributed by atoms with van der Waals surface area (Å²) in [7, 11) is -3.36. The van der Waals surface area contributed by atoms with E-state index in [-0.39, 0.29) is 22.4 Å². The molecular formula is C23H26N2O4S. The Morgan fingerprint density at radius 3 is 2.27 bits per heavy atom. The molecule has 6 nitrogen and oxygen atoms in total. The molecule has 7 heteroatoms. The quantitative estimate of drug-likeness (QED) is 0.742. The Kier molecular flexibility index (Phi) is 5.40. The number of rotatable bonds is 6. The molecule has 0 spiro atoms. The summed E-state index contributed by atoms with van der Waals surface area (Å²) in [5.74, 6) is 0.358. The van der Waals surface area contributed by atoms with E-state index in [4.69, 9.17) is 0 Å². The van der Waals surface area contributed by atoms with Crippen molar-refractivity contribution in [2.24, 2.45) is 0 Å². The van der Waals surface area contributed by atoms with Crippen LogP contribution in [0.5, 0.6) is 0 Å². The van der Waals surface area contributed by atoms with Crippen LogP contribution in [0.1, 0.15) is 62.3 Å². The van der Waals surface area contributed by atoms with Crippen LogP contribution in [0.25, 0.3) is 5.57 Å². The van der Waals surface area contributed by atoms with E-state index in [1.54, 1.807) is 38.1 Å². The van der Waals surface area contributed by atoms with E-state index in [2.05, 4.69) is 10.3 Å². The summed E-state index contributed by atoms with van der Waals surface area (Å²) in [6.07, 6.45) is 5.19. The molecule has 1 amide bonds. The Morgan fingerprint density at radius 2 is 1.73 bits per heavy atom. The lowest BCUT2D eigenvalue weighted by atomic mass is 9.98. The van der Waals surface area contributed by atoms with Crippen molar-refractivity contribution < 1.29 is 13.2 Å². The zero-order valence-electron chi connectivity index (χ0n) is 17.1. The molecule has 1 saturated heterocycles. The number of benzene rings is 1. The monoisotopic (exact) mass is 426 g/mol. The number of carbonyl (C=O) groups excluding carboxylic acids is 1. The van der Waals surface area contributed by atoms with Crippen LogP contribution in [0.4, 0.5) is 0 Å². The molecule has 2 aliphatic rings. The first-order valence-electron chi connectivity index (χ1n) is 10.3. The number of carbonyl (C=O) groups is 1. The molecule has 2 heterocycles. The highest BCUT2D eigenvalue weighted by molar-refractivity contribution is 7.92. The van der Waals surface area contributed by atoms with Gasteiger partial charge in [0.2, 0.25) is 5.91 Å². The highest BCUT2D eigenvalue weighted by Gasteiger charge is 2.27. The first kappa shape index (κ1) is 20.6. The van der Waals surface area contributed by atoms with Gasteiger partial charge in [-0.1, -0.05) is 24.3 Å². The first-order chi connectivity index (χ1) is 14.3. The molecule has 2 fully saturated rings. The van der Waals surface area contributed by atoms with E-state index in [0.29, 0.717) is 24.5 Å². The third-order valence-corrected chi connectivity index (χ3v) is 7.93. The fourth-order valence-electron chi connectivity index (χ4n) is 3.76. The molecule has 1 atom stereocenters. The molecule has 4 rings (SSSR count). The van der Waals surface area contributed by atoms with Crippen molar-refractivity contribution >= 4 is 21.3 Å². The number of H-pyrrole nitrogens is 1. The third kappa shape index (κ3) is 4.12. The summed E-state index contributed by atoms with van der Waals surface area (Å²) in [5, 5.41) is 2.42. The lowest BCUT2D eigenvalue weighted by Crippen LogP contribution is -2.23. The van der Waals surface area contributed by atoms with Crippen LogP contribution < -0.4 is 10.9 Å². The van der Waals surface area contributed by atoms with Crippen molar-refractivity contribution in [1.82, 2.24) is 10.3 Å². The van der Waals surface area contributed by atoms with Crippen molar-refractivity contribution in [3.05, 3.63) is 69.6 Å². The van der Waals surface area contributed by atoms with Crippen LogP contribution in [-0.4, -0.2) is 30.6 Å². The zero-order valence-corrected chi connectivity index (χ0v) is 18.0. The van der Waals surface area contributed by atoms with Gasteiger partial charge in [0.05, 0.1) is 10.1 Å². The van der Waals surface area contributed by atoms with Gasteiger partial charge in [0.25, 0.3) is 5.56 Å². The van der Waals surface area contributed by atoms with Gasteiger partial charge in [-0.15, -0.1) is 0 Å². The lowest BCUT2D eigenvalue weighted by Gasteiger charge is -2.14. The molecule has 0 unspecified atom stereocenters. The van der Waals surface area contributed by atoms with E-state index in [0.717, 1.165) is 29.5 Å². The number of amides is 1. The molecule has 2 N–H and O–H groups in total. The first-order valence-corrected chi connectivity index (χ1v) is 11.9. The molecule has 30 heavy (non-hydrogen) atoms. The third-order valence-electron chi connectivity index (χ3n) is 5.76. The summed E-state index contributed by atoms with van der Waals surface area (Å²) in [5.41, 5.74) is 2.94. The maximum atomic E-state index is 12.6. The fourth-order valence-corrected chi connectivity index (χ4v) is 4.82. The van der Waals surface area contributed by atoms with Crippen molar-refractivity contribution in [3.8, 4) is 0 Å². The average molecular weight is 427 g/mol. The maximum absolute atomic E-state index is 12.6. The van der Waals surface area contributed by atoms with Crippen molar-refractivity contribution in [3.63, 3.8) is 0 Å². The summed E-state index contributed by atoms with van der Waals surface area (Å²) >= 11 is 0. The molecule has 0 radical (unpaired) electrons. The van der Waals surface area contributed by atoms with Crippen molar-refractivity contribution in [2.45, 2.75) is 61.6 Å². The second-order valence-electron chi connectivity index (χ2n) is 8.34. The van der Waals surface area contributed by atoms with Crippen molar-refractivity contribution in [1.29, 1.82) is 0 Å². The second-order valence-corrected chi connectivity index (χ2v) is 10.8. The van der Waals surface area contributed by atoms with Gasteiger partial charge in [-0.3, -0.25) is 9.59 Å². The highest BCUT2D eigenvalue weighted by atomic mass is 32.2. The van der Waals surface area contributed by atoms with E-state index < -0.39 is 15.1 Å². The van der Waals surface area contributed by atoms with Gasteiger partial charge >= 0.3 is 0 Å². The number of aromatic amines is 1. The Bertz CT molecular complexity index is 1160. The van der Waals surface area contributed by atoms with E-state index in [1.807, 2.05) is 18.2 Å². The van der Waals surface area contributed by atoms with Crippen LogP contribution >= 0.6 is 0 Å². The molecule has 0 bridgehead atoms. The summed E-state index contributed by atoms with van der Waals surface area (Å²) in [6, 6.07) is 10.4. The van der Waals surface area contributed by atoms with Gasteiger partial charge in [0.15, 0.2) is 9.84 Å². The molecular weight excluding hydrogens is 400 g/mol. The minimum absolute atomic E-state index is 0.00606. The summed E-state index contributed by atoms with van der Waals surface area (Å²) < 4.78 is 24.9. The smallest absolute Gasteiger partial charge is 0.251 e. The molecule has 1 aliphatic carbocycles. The average Bonchev–Trinajstić information content (AvgIpc) is 3.47. The zero-order chi connectivity index (χ0) is 21.5. The lowest BCUT2D eigenvalue weighted by molar-refractivity contribution is -0.119. The van der Waals surface area contributed by atoms with Crippen LogP contribution in [0.3, 0.4) is 0 Å². The Balaban J connectivity index is 1.74. The normalized spacial score (nSPS) is 19.9. The van der Waals surface area contributed by atoms with Crippen molar-refractivity contribution in [2.75, 3.05) is 0 Å². The topological polar surface area (TPSA) is 96.1 Å². The number of pyridine rings is 1. The molecule has 2 aromatic rings. The molecule has 1 aliphatic heterocycles. The highest BCUT2D eigenvalue weighted by Crippen LogP contribution is 2.38. The maximum Gasteiger partial charge on any atom is 0.251 e. The number of sulfone groups is 1. The molecule has 1 aromatic carbocycles. The van der Waals surface area contributed by atoms with E-state index >= 15 is 0 Å². The van der Waals surface area contributed by atoms with Gasteiger partial charge in [-0.25, -0.2) is 8.42 Å². The van der Waals surface area contributed by atoms with E-state index in [9.17, 15) is 18.0 Å². The van der Waals surface area contributed by atoms with Crippen LogP contribution in [0, 0.1) is 0 Å². The number of aromatic nitrogens is 1. The fraction of sp³-hybridized carbons (Fsp3) is 0.391. The molecule has 1 saturated carbocycles. The van der Waals surface area contributed by atoms with Gasteiger partial charge in [-0.2, -0.15) is 0 Å². The minimum Gasteiger partial charge on any atom is -0.350 e. The predicted octanol–water partition coefficient (Wildman–Crippen LogP) is 3.14.